The standard InChI is InChI=1S/C8H14N2O/c1-4-5-7(8(9)11)10-6(2)3/h1,6-7,10H,5H2,2-3H3,(H2,9,11). The predicted octanol–water partition coefficient (Wildman–Crippen LogP) is -0.138. The molecule has 0 radical (unpaired) electrons. The number of hydrogen-bond donors (Lipinski definition) is 2. The SMILES string of the molecule is C#CCC(NC(C)C)C(N)=O. The van der Waals surface area contributed by atoms with Crippen molar-refractivity contribution >= 4 is 5.91 Å². The molecule has 0 aliphatic heterocycles. The first-order valence-electron chi connectivity index (χ1n) is 3.56. The van der Waals surface area contributed by atoms with Crippen LogP contribution in [-0.2, 0) is 4.79 Å². The lowest BCUT2D eigenvalue weighted by Gasteiger charge is -2.15. The van der Waals surface area contributed by atoms with Gasteiger partial charge < -0.3 is 11.1 Å². The van der Waals surface area contributed by atoms with E-state index in [0.29, 0.717) is 6.42 Å². The summed E-state index contributed by atoms with van der Waals surface area (Å²) in [5, 5.41) is 2.96. The van der Waals surface area contributed by atoms with Gasteiger partial charge in [-0.3, -0.25) is 4.79 Å². The molecular formula is C8H14N2O. The van der Waals surface area contributed by atoms with Crippen molar-refractivity contribution in [2.75, 3.05) is 0 Å². The third-order valence-electron chi connectivity index (χ3n) is 1.20. The first kappa shape index (κ1) is 9.99. The van der Waals surface area contributed by atoms with Gasteiger partial charge in [0.25, 0.3) is 0 Å². The summed E-state index contributed by atoms with van der Waals surface area (Å²) in [4.78, 5) is 10.7. The normalized spacial score (nSPS) is 12.5. The summed E-state index contributed by atoms with van der Waals surface area (Å²) in [5.41, 5.74) is 5.07. The Labute approximate surface area is 67.3 Å². The number of primary amides is 1. The van der Waals surface area contributed by atoms with Crippen LogP contribution in [-0.4, -0.2) is 18.0 Å². The van der Waals surface area contributed by atoms with E-state index in [0.717, 1.165) is 0 Å². The summed E-state index contributed by atoms with van der Waals surface area (Å²) < 4.78 is 0. The summed E-state index contributed by atoms with van der Waals surface area (Å²) in [7, 11) is 0. The van der Waals surface area contributed by atoms with Crippen molar-refractivity contribution in [1.29, 1.82) is 0 Å². The molecule has 3 heteroatoms. The molecule has 1 amide bonds. The maximum atomic E-state index is 10.7. The maximum absolute atomic E-state index is 10.7. The highest BCUT2D eigenvalue weighted by Crippen LogP contribution is 1.91. The van der Waals surface area contributed by atoms with Gasteiger partial charge in [-0.05, 0) is 0 Å². The fraction of sp³-hybridized carbons (Fsp3) is 0.625. The van der Waals surface area contributed by atoms with E-state index in [-0.39, 0.29) is 12.1 Å². The van der Waals surface area contributed by atoms with E-state index in [1.165, 1.54) is 0 Å². The van der Waals surface area contributed by atoms with Gasteiger partial charge in [0.1, 0.15) is 0 Å². The lowest BCUT2D eigenvalue weighted by atomic mass is 10.2. The summed E-state index contributed by atoms with van der Waals surface area (Å²) in [5.74, 6) is 2.00. The van der Waals surface area contributed by atoms with Gasteiger partial charge >= 0.3 is 0 Å². The molecule has 0 bridgehead atoms. The van der Waals surface area contributed by atoms with Crippen molar-refractivity contribution in [2.45, 2.75) is 32.4 Å². The van der Waals surface area contributed by atoms with Gasteiger partial charge in [0.2, 0.25) is 5.91 Å². The number of nitrogens with one attached hydrogen (secondary N) is 1. The number of hydrogen-bond acceptors (Lipinski definition) is 2. The minimum atomic E-state index is -0.392. The molecule has 3 N–H and O–H groups in total. The number of terminal acetylenes is 1. The van der Waals surface area contributed by atoms with E-state index >= 15 is 0 Å². The van der Waals surface area contributed by atoms with Crippen LogP contribution in [0.1, 0.15) is 20.3 Å². The van der Waals surface area contributed by atoms with Crippen LogP contribution in [0.5, 0.6) is 0 Å². The van der Waals surface area contributed by atoms with Crippen LogP contribution in [0.15, 0.2) is 0 Å². The molecule has 0 rings (SSSR count). The van der Waals surface area contributed by atoms with Crippen LogP contribution < -0.4 is 11.1 Å². The van der Waals surface area contributed by atoms with Crippen LogP contribution in [0.3, 0.4) is 0 Å². The molecule has 62 valence electrons. The van der Waals surface area contributed by atoms with E-state index in [2.05, 4.69) is 11.2 Å². The maximum Gasteiger partial charge on any atom is 0.235 e. The number of carbonyl (C=O) groups is 1. The Morgan fingerprint density at radius 2 is 2.27 bits per heavy atom. The quantitative estimate of drug-likeness (QED) is 0.554. The van der Waals surface area contributed by atoms with Crippen LogP contribution >= 0.6 is 0 Å². The van der Waals surface area contributed by atoms with Crippen molar-refractivity contribution in [3.8, 4) is 12.3 Å². The predicted molar refractivity (Wildman–Crippen MR) is 44.7 cm³/mol. The van der Waals surface area contributed by atoms with Crippen LogP contribution in [0, 0.1) is 12.3 Å². The summed E-state index contributed by atoms with van der Waals surface area (Å²) in [6, 6.07) is -0.166. The van der Waals surface area contributed by atoms with Gasteiger partial charge in [-0.2, -0.15) is 0 Å². The average Bonchev–Trinajstić information content (AvgIpc) is 1.86. The zero-order valence-corrected chi connectivity index (χ0v) is 6.92. The molecule has 0 heterocycles. The van der Waals surface area contributed by atoms with Gasteiger partial charge in [-0.25, -0.2) is 0 Å². The van der Waals surface area contributed by atoms with Gasteiger partial charge in [-0.15, -0.1) is 12.3 Å². The Morgan fingerprint density at radius 3 is 2.55 bits per heavy atom. The monoisotopic (exact) mass is 154 g/mol. The van der Waals surface area contributed by atoms with Gasteiger partial charge in [0.15, 0.2) is 0 Å². The fourth-order valence-corrected chi connectivity index (χ4v) is 0.762. The molecule has 0 aliphatic carbocycles. The van der Waals surface area contributed by atoms with Crippen molar-refractivity contribution in [2.24, 2.45) is 5.73 Å². The van der Waals surface area contributed by atoms with Crippen LogP contribution in [0.25, 0.3) is 0 Å². The molecule has 0 spiro atoms. The molecule has 0 aliphatic rings. The number of amides is 1. The molecular weight excluding hydrogens is 140 g/mol. The van der Waals surface area contributed by atoms with E-state index < -0.39 is 5.91 Å². The third kappa shape index (κ3) is 4.40. The second kappa shape index (κ2) is 4.75. The Kier molecular flexibility index (Phi) is 4.32. The van der Waals surface area contributed by atoms with Crippen LogP contribution in [0.2, 0.25) is 0 Å². The highest BCUT2D eigenvalue weighted by molar-refractivity contribution is 5.80. The molecule has 0 aromatic rings. The van der Waals surface area contributed by atoms with E-state index in [1.807, 2.05) is 13.8 Å². The van der Waals surface area contributed by atoms with E-state index in [9.17, 15) is 4.79 Å². The zero-order valence-electron chi connectivity index (χ0n) is 6.92. The lowest BCUT2D eigenvalue weighted by molar-refractivity contribution is -0.120. The molecule has 11 heavy (non-hydrogen) atoms. The fourth-order valence-electron chi connectivity index (χ4n) is 0.762. The Hall–Kier alpha value is -1.01. The lowest BCUT2D eigenvalue weighted by Crippen LogP contribution is -2.44. The molecule has 0 saturated heterocycles. The molecule has 1 atom stereocenters. The first-order chi connectivity index (χ1) is 5.07. The average molecular weight is 154 g/mol. The van der Waals surface area contributed by atoms with Crippen molar-refractivity contribution in [3.63, 3.8) is 0 Å². The second-order valence-electron chi connectivity index (χ2n) is 2.68. The minimum Gasteiger partial charge on any atom is -0.368 e. The largest absolute Gasteiger partial charge is 0.368 e. The van der Waals surface area contributed by atoms with E-state index in [1.54, 1.807) is 0 Å². The van der Waals surface area contributed by atoms with Gasteiger partial charge in [0, 0.05) is 12.5 Å². The highest BCUT2D eigenvalue weighted by Gasteiger charge is 2.13. The van der Waals surface area contributed by atoms with E-state index in [4.69, 9.17) is 12.2 Å². The zero-order chi connectivity index (χ0) is 8.85. The van der Waals surface area contributed by atoms with Crippen LogP contribution in [0.4, 0.5) is 0 Å². The molecule has 0 fully saturated rings. The minimum absolute atomic E-state index is 0.223. The summed E-state index contributed by atoms with van der Waals surface area (Å²) >= 11 is 0. The number of rotatable bonds is 4. The molecule has 0 aromatic heterocycles. The number of carbonyl (C=O) groups excluding carboxylic acids is 1. The van der Waals surface area contributed by atoms with Gasteiger partial charge in [0.05, 0.1) is 6.04 Å². The smallest absolute Gasteiger partial charge is 0.235 e. The number of nitrogens with two attached hydrogens (primary N) is 1. The highest BCUT2D eigenvalue weighted by atomic mass is 16.1. The molecule has 0 aromatic carbocycles. The topological polar surface area (TPSA) is 55.1 Å². The van der Waals surface area contributed by atoms with Crippen molar-refractivity contribution in [1.82, 2.24) is 5.32 Å². The third-order valence-corrected chi connectivity index (χ3v) is 1.20. The van der Waals surface area contributed by atoms with Gasteiger partial charge in [-0.1, -0.05) is 13.8 Å². The summed E-state index contributed by atoms with van der Waals surface area (Å²) in [6.45, 7) is 3.87. The Bertz CT molecular complexity index is 169. The molecule has 0 saturated carbocycles. The van der Waals surface area contributed by atoms with Crippen molar-refractivity contribution < 1.29 is 4.79 Å². The molecule has 3 nitrogen and oxygen atoms in total. The molecule has 1 unspecified atom stereocenters. The summed E-state index contributed by atoms with van der Waals surface area (Å²) in [6.07, 6.45) is 5.40. The first-order valence-corrected chi connectivity index (χ1v) is 3.56. The Morgan fingerprint density at radius 1 is 1.73 bits per heavy atom. The Balaban J connectivity index is 3.92. The second-order valence-corrected chi connectivity index (χ2v) is 2.68. The van der Waals surface area contributed by atoms with Crippen molar-refractivity contribution in [3.05, 3.63) is 0 Å².